The lowest BCUT2D eigenvalue weighted by atomic mass is 10.0. The molecule has 0 spiro atoms. The van der Waals surface area contributed by atoms with Crippen LogP contribution in [0.4, 0.5) is 5.69 Å². The summed E-state index contributed by atoms with van der Waals surface area (Å²) >= 11 is 0. The highest BCUT2D eigenvalue weighted by Gasteiger charge is 2.28. The maximum absolute atomic E-state index is 12.2. The second kappa shape index (κ2) is 5.54. The van der Waals surface area contributed by atoms with Gasteiger partial charge < -0.3 is 5.32 Å². The Morgan fingerprint density at radius 1 is 1.35 bits per heavy atom. The third-order valence-electron chi connectivity index (χ3n) is 3.46. The van der Waals surface area contributed by atoms with Crippen LogP contribution in [-0.4, -0.2) is 20.9 Å². The number of carbonyl (C=O) groups is 1. The molecule has 0 saturated carbocycles. The van der Waals surface area contributed by atoms with E-state index in [1.807, 2.05) is 13.8 Å². The van der Waals surface area contributed by atoms with Gasteiger partial charge in [0.15, 0.2) is 0 Å². The zero-order chi connectivity index (χ0) is 14.9. The fourth-order valence-electron chi connectivity index (χ4n) is 2.13. The number of benzene rings is 1. The third kappa shape index (κ3) is 3.02. The zero-order valence-electron chi connectivity index (χ0n) is 11.9. The van der Waals surface area contributed by atoms with Crippen LogP contribution in [0.2, 0.25) is 0 Å². The van der Waals surface area contributed by atoms with E-state index in [0.29, 0.717) is 18.2 Å². The van der Waals surface area contributed by atoms with Crippen molar-refractivity contribution in [3.8, 4) is 0 Å². The summed E-state index contributed by atoms with van der Waals surface area (Å²) < 4.78 is 27.0. The van der Waals surface area contributed by atoms with Crippen molar-refractivity contribution in [2.75, 3.05) is 11.9 Å². The molecule has 2 rings (SSSR count). The predicted octanol–water partition coefficient (Wildman–Crippen LogP) is 2.07. The Bertz CT molecular complexity index is 623. The van der Waals surface area contributed by atoms with E-state index in [-0.39, 0.29) is 16.7 Å². The van der Waals surface area contributed by atoms with Gasteiger partial charge in [0.1, 0.15) is 0 Å². The van der Waals surface area contributed by atoms with Gasteiger partial charge in [-0.3, -0.25) is 4.79 Å². The van der Waals surface area contributed by atoms with Crippen molar-refractivity contribution in [1.29, 1.82) is 0 Å². The summed E-state index contributed by atoms with van der Waals surface area (Å²) in [5, 5.41) is 2.73. The Hall–Kier alpha value is -1.40. The molecule has 0 aromatic heterocycles. The van der Waals surface area contributed by atoms with Gasteiger partial charge in [-0.15, -0.1) is 0 Å². The number of amides is 1. The van der Waals surface area contributed by atoms with Crippen LogP contribution in [0, 0.1) is 5.92 Å². The predicted molar refractivity (Wildman–Crippen MR) is 78.1 cm³/mol. The molecule has 0 saturated heterocycles. The van der Waals surface area contributed by atoms with Crippen molar-refractivity contribution in [3.05, 3.63) is 23.8 Å². The van der Waals surface area contributed by atoms with Crippen molar-refractivity contribution in [2.45, 2.75) is 38.0 Å². The van der Waals surface area contributed by atoms with Gasteiger partial charge in [-0.05, 0) is 43.0 Å². The number of hydrogen-bond donors (Lipinski definition) is 2. The topological polar surface area (TPSA) is 75.3 Å². The van der Waals surface area contributed by atoms with E-state index in [9.17, 15) is 13.2 Å². The second-order valence-corrected chi connectivity index (χ2v) is 7.31. The van der Waals surface area contributed by atoms with Gasteiger partial charge >= 0.3 is 0 Å². The molecule has 0 radical (unpaired) electrons. The molecule has 0 aliphatic carbocycles. The number of fused-ring (bicyclic) bond motifs is 1. The molecule has 110 valence electrons. The van der Waals surface area contributed by atoms with Crippen LogP contribution in [-0.2, 0) is 14.8 Å². The van der Waals surface area contributed by atoms with Crippen LogP contribution in [0.5, 0.6) is 0 Å². The van der Waals surface area contributed by atoms with Crippen LogP contribution < -0.4 is 10.0 Å². The molecule has 0 fully saturated rings. The van der Waals surface area contributed by atoms with Crippen LogP contribution in [0.1, 0.15) is 38.7 Å². The van der Waals surface area contributed by atoms with Crippen molar-refractivity contribution in [2.24, 2.45) is 5.92 Å². The molecule has 1 aromatic carbocycles. The highest BCUT2D eigenvalue weighted by atomic mass is 32.2. The first kappa shape index (κ1) is 15.0. The Labute approximate surface area is 119 Å². The summed E-state index contributed by atoms with van der Waals surface area (Å²) in [6.07, 6.45) is 0.792. The van der Waals surface area contributed by atoms with E-state index < -0.39 is 10.0 Å². The molecule has 1 amide bonds. The zero-order valence-corrected chi connectivity index (χ0v) is 12.8. The highest BCUT2D eigenvalue weighted by molar-refractivity contribution is 7.89. The lowest BCUT2D eigenvalue weighted by molar-refractivity contribution is -0.116. The molecule has 0 unspecified atom stereocenters. The smallest absolute Gasteiger partial charge is 0.240 e. The van der Waals surface area contributed by atoms with Crippen molar-refractivity contribution < 1.29 is 13.2 Å². The standard InChI is InChI=1S/C14H20N2O3S/c1-9(2)6-7-15-20(18,19)11-4-5-13-12(8-11)10(3)14(17)16-13/h4-5,8-10,15H,6-7H2,1-3H3,(H,16,17)/t10-/m0/s1. The normalized spacial score (nSPS) is 18.2. The Morgan fingerprint density at radius 3 is 2.70 bits per heavy atom. The molecule has 5 nitrogen and oxygen atoms in total. The molecule has 1 aliphatic heterocycles. The molecule has 0 bridgehead atoms. The quantitative estimate of drug-likeness (QED) is 0.873. The lowest BCUT2D eigenvalue weighted by Gasteiger charge is -2.10. The van der Waals surface area contributed by atoms with Crippen molar-refractivity contribution >= 4 is 21.6 Å². The summed E-state index contributed by atoms with van der Waals surface area (Å²) in [4.78, 5) is 11.8. The SMILES string of the molecule is CC(C)CCNS(=O)(=O)c1ccc2c(c1)[C@H](C)C(=O)N2. The molecule has 1 aromatic rings. The average Bonchev–Trinajstić information content (AvgIpc) is 2.64. The number of anilines is 1. The maximum Gasteiger partial charge on any atom is 0.240 e. The number of carbonyl (C=O) groups excluding carboxylic acids is 1. The van der Waals surface area contributed by atoms with Crippen LogP contribution in [0.3, 0.4) is 0 Å². The Kier molecular flexibility index (Phi) is 4.15. The van der Waals surface area contributed by atoms with Crippen molar-refractivity contribution in [3.63, 3.8) is 0 Å². The van der Waals surface area contributed by atoms with Gasteiger partial charge in [0.2, 0.25) is 15.9 Å². The molecule has 1 aliphatic rings. The van der Waals surface area contributed by atoms with Gasteiger partial charge in [-0.1, -0.05) is 13.8 Å². The van der Waals surface area contributed by atoms with Gasteiger partial charge in [-0.2, -0.15) is 0 Å². The van der Waals surface area contributed by atoms with Crippen LogP contribution in [0.25, 0.3) is 0 Å². The van der Waals surface area contributed by atoms with Gasteiger partial charge in [0.25, 0.3) is 0 Å². The van der Waals surface area contributed by atoms with E-state index in [0.717, 1.165) is 12.0 Å². The molecular weight excluding hydrogens is 276 g/mol. The van der Waals surface area contributed by atoms with E-state index in [1.165, 1.54) is 6.07 Å². The molecule has 1 atom stereocenters. The first-order chi connectivity index (χ1) is 9.31. The number of rotatable bonds is 5. The largest absolute Gasteiger partial charge is 0.325 e. The van der Waals surface area contributed by atoms with Crippen LogP contribution in [0.15, 0.2) is 23.1 Å². The fraction of sp³-hybridized carbons (Fsp3) is 0.500. The van der Waals surface area contributed by atoms with E-state index in [2.05, 4.69) is 10.0 Å². The third-order valence-corrected chi connectivity index (χ3v) is 4.92. The number of sulfonamides is 1. The van der Waals surface area contributed by atoms with Crippen molar-refractivity contribution in [1.82, 2.24) is 4.72 Å². The summed E-state index contributed by atoms with van der Waals surface area (Å²) in [5.41, 5.74) is 1.44. The monoisotopic (exact) mass is 296 g/mol. The van der Waals surface area contributed by atoms with E-state index >= 15 is 0 Å². The minimum Gasteiger partial charge on any atom is -0.325 e. The molecule has 20 heavy (non-hydrogen) atoms. The number of hydrogen-bond acceptors (Lipinski definition) is 3. The highest BCUT2D eigenvalue weighted by Crippen LogP contribution is 2.33. The van der Waals surface area contributed by atoms with Gasteiger partial charge in [-0.25, -0.2) is 13.1 Å². The molecule has 2 N–H and O–H groups in total. The summed E-state index contributed by atoms with van der Waals surface area (Å²) in [6.45, 7) is 6.28. The first-order valence-electron chi connectivity index (χ1n) is 6.75. The van der Waals surface area contributed by atoms with E-state index in [4.69, 9.17) is 0 Å². The minimum atomic E-state index is -3.51. The Morgan fingerprint density at radius 2 is 2.05 bits per heavy atom. The van der Waals surface area contributed by atoms with E-state index in [1.54, 1.807) is 19.1 Å². The fourth-order valence-corrected chi connectivity index (χ4v) is 3.21. The second-order valence-electron chi connectivity index (χ2n) is 5.54. The molecule has 6 heteroatoms. The first-order valence-corrected chi connectivity index (χ1v) is 8.24. The summed E-state index contributed by atoms with van der Waals surface area (Å²) in [6, 6.07) is 4.75. The molecular formula is C14H20N2O3S. The summed E-state index contributed by atoms with van der Waals surface area (Å²) in [5.74, 6) is 0.0395. The lowest BCUT2D eigenvalue weighted by Crippen LogP contribution is -2.25. The number of nitrogens with one attached hydrogen (secondary N) is 2. The van der Waals surface area contributed by atoms with Crippen LogP contribution >= 0.6 is 0 Å². The van der Waals surface area contributed by atoms with Gasteiger partial charge in [0, 0.05) is 12.2 Å². The molecule has 1 heterocycles. The average molecular weight is 296 g/mol. The minimum absolute atomic E-state index is 0.0951. The maximum atomic E-state index is 12.2. The Balaban J connectivity index is 2.20. The van der Waals surface area contributed by atoms with Gasteiger partial charge in [0.05, 0.1) is 10.8 Å². The summed E-state index contributed by atoms with van der Waals surface area (Å²) in [7, 11) is -3.51.